The lowest BCUT2D eigenvalue weighted by Gasteiger charge is -2.02. The Kier molecular flexibility index (Phi) is 3.15. The lowest BCUT2D eigenvalue weighted by atomic mass is 10.2. The van der Waals surface area contributed by atoms with E-state index in [2.05, 4.69) is 10.4 Å². The topological polar surface area (TPSA) is 46.9 Å². The number of carbonyl (C=O) groups is 1. The summed E-state index contributed by atoms with van der Waals surface area (Å²) in [6, 6.07) is 9.45. The number of amides is 1. The first-order valence-corrected chi connectivity index (χ1v) is 5.55. The van der Waals surface area contributed by atoms with Crippen LogP contribution in [0.4, 0.5) is 0 Å². The molecular weight excluding hydrogens is 238 g/mol. The Morgan fingerprint density at radius 2 is 2.00 bits per heavy atom. The van der Waals surface area contributed by atoms with Gasteiger partial charge in [-0.05, 0) is 19.1 Å². The first-order valence-electron chi connectivity index (χ1n) is 5.17. The van der Waals surface area contributed by atoms with E-state index in [1.807, 2.05) is 30.3 Å². The van der Waals surface area contributed by atoms with Gasteiger partial charge in [-0.1, -0.05) is 29.8 Å². The molecule has 0 aliphatic heterocycles. The average Bonchev–Trinajstić information content (AvgIpc) is 2.65. The third-order valence-electron chi connectivity index (χ3n) is 2.46. The van der Waals surface area contributed by atoms with Gasteiger partial charge in [0, 0.05) is 7.05 Å². The zero-order valence-electron chi connectivity index (χ0n) is 9.57. The van der Waals surface area contributed by atoms with Crippen LogP contribution in [0.5, 0.6) is 0 Å². The fourth-order valence-electron chi connectivity index (χ4n) is 1.62. The number of carbonyl (C=O) groups excluding carboxylic acids is 1. The molecule has 0 fully saturated rings. The van der Waals surface area contributed by atoms with E-state index < -0.39 is 0 Å². The summed E-state index contributed by atoms with van der Waals surface area (Å²) in [6.45, 7) is 1.76. The molecule has 2 aromatic rings. The maximum Gasteiger partial charge on any atom is 0.256 e. The van der Waals surface area contributed by atoms with Crippen molar-refractivity contribution >= 4 is 17.5 Å². The highest BCUT2D eigenvalue weighted by Crippen LogP contribution is 2.23. The van der Waals surface area contributed by atoms with Crippen molar-refractivity contribution < 1.29 is 4.79 Å². The van der Waals surface area contributed by atoms with E-state index in [-0.39, 0.29) is 5.91 Å². The lowest BCUT2D eigenvalue weighted by Crippen LogP contribution is -2.18. The summed E-state index contributed by atoms with van der Waals surface area (Å²) in [4.78, 5) is 11.7. The van der Waals surface area contributed by atoms with E-state index in [1.54, 1.807) is 18.7 Å². The summed E-state index contributed by atoms with van der Waals surface area (Å²) in [5.41, 5.74) is 1.85. The van der Waals surface area contributed by atoms with Crippen LogP contribution >= 0.6 is 11.6 Å². The molecule has 4 nitrogen and oxygen atoms in total. The predicted octanol–water partition coefficient (Wildman–Crippen LogP) is 2.19. The van der Waals surface area contributed by atoms with Gasteiger partial charge in [0.15, 0.2) is 0 Å². The number of hydrogen-bond donors (Lipinski definition) is 1. The maximum atomic E-state index is 11.7. The zero-order valence-corrected chi connectivity index (χ0v) is 10.3. The summed E-state index contributed by atoms with van der Waals surface area (Å²) >= 11 is 6.18. The quantitative estimate of drug-likeness (QED) is 0.887. The molecule has 0 spiro atoms. The maximum absolute atomic E-state index is 11.7. The third kappa shape index (κ3) is 2.03. The van der Waals surface area contributed by atoms with Crippen molar-refractivity contribution in [3.8, 4) is 5.69 Å². The Balaban J connectivity index is 2.56. The van der Waals surface area contributed by atoms with Crippen molar-refractivity contribution in [3.63, 3.8) is 0 Å². The smallest absolute Gasteiger partial charge is 0.256 e. The van der Waals surface area contributed by atoms with Gasteiger partial charge in [-0.2, -0.15) is 5.10 Å². The molecular formula is C12H12ClN3O. The minimum absolute atomic E-state index is 0.227. The van der Waals surface area contributed by atoms with Gasteiger partial charge in [0.1, 0.15) is 5.15 Å². The molecule has 0 atom stereocenters. The molecule has 88 valence electrons. The Labute approximate surface area is 104 Å². The zero-order chi connectivity index (χ0) is 12.4. The molecule has 0 bridgehead atoms. The first-order chi connectivity index (χ1) is 8.15. The average molecular weight is 250 g/mol. The normalized spacial score (nSPS) is 10.3. The predicted molar refractivity (Wildman–Crippen MR) is 66.7 cm³/mol. The molecule has 0 aliphatic rings. The van der Waals surface area contributed by atoms with Crippen molar-refractivity contribution in [1.82, 2.24) is 15.1 Å². The molecule has 0 aliphatic carbocycles. The van der Waals surface area contributed by atoms with Crippen LogP contribution in [0.15, 0.2) is 30.3 Å². The minimum atomic E-state index is -0.227. The molecule has 1 aromatic heterocycles. The highest BCUT2D eigenvalue weighted by Gasteiger charge is 2.19. The molecule has 0 unspecified atom stereocenters. The SMILES string of the molecule is CNC(=O)c1c(C)nn(-c2ccccc2)c1Cl. The van der Waals surface area contributed by atoms with Crippen molar-refractivity contribution in [2.75, 3.05) is 7.05 Å². The van der Waals surface area contributed by atoms with Crippen molar-refractivity contribution in [2.24, 2.45) is 0 Å². The summed E-state index contributed by atoms with van der Waals surface area (Å²) in [7, 11) is 1.57. The van der Waals surface area contributed by atoms with Crippen LogP contribution in [0.25, 0.3) is 5.69 Å². The number of aryl methyl sites for hydroxylation is 1. The van der Waals surface area contributed by atoms with Gasteiger partial charge in [0.2, 0.25) is 0 Å². The van der Waals surface area contributed by atoms with E-state index in [9.17, 15) is 4.79 Å². The lowest BCUT2D eigenvalue weighted by molar-refractivity contribution is 0.0962. The summed E-state index contributed by atoms with van der Waals surface area (Å²) < 4.78 is 1.56. The van der Waals surface area contributed by atoms with Crippen molar-refractivity contribution in [2.45, 2.75) is 6.92 Å². The largest absolute Gasteiger partial charge is 0.355 e. The molecule has 17 heavy (non-hydrogen) atoms. The van der Waals surface area contributed by atoms with Crippen LogP contribution in [0.3, 0.4) is 0 Å². The number of nitrogens with zero attached hydrogens (tertiary/aromatic N) is 2. The van der Waals surface area contributed by atoms with Crippen LogP contribution in [0.2, 0.25) is 5.15 Å². The van der Waals surface area contributed by atoms with Crippen molar-refractivity contribution in [3.05, 3.63) is 46.7 Å². The second-order valence-corrected chi connectivity index (χ2v) is 3.94. The van der Waals surface area contributed by atoms with Crippen LogP contribution < -0.4 is 5.32 Å². The Morgan fingerprint density at radius 3 is 2.59 bits per heavy atom. The molecule has 0 radical (unpaired) electrons. The van der Waals surface area contributed by atoms with Gasteiger partial charge in [0.05, 0.1) is 16.9 Å². The van der Waals surface area contributed by atoms with Crippen LogP contribution in [0.1, 0.15) is 16.1 Å². The number of benzene rings is 1. The van der Waals surface area contributed by atoms with E-state index >= 15 is 0 Å². The molecule has 1 amide bonds. The molecule has 0 saturated heterocycles. The van der Waals surface area contributed by atoms with Gasteiger partial charge in [-0.3, -0.25) is 4.79 Å². The van der Waals surface area contributed by atoms with Crippen molar-refractivity contribution in [1.29, 1.82) is 0 Å². The molecule has 0 saturated carbocycles. The first kappa shape index (κ1) is 11.7. The summed E-state index contributed by atoms with van der Waals surface area (Å²) in [6.07, 6.45) is 0. The number of rotatable bonds is 2. The Bertz CT molecular complexity index is 548. The highest BCUT2D eigenvalue weighted by molar-refractivity contribution is 6.33. The van der Waals surface area contributed by atoms with Gasteiger partial charge in [-0.15, -0.1) is 0 Å². The van der Waals surface area contributed by atoms with E-state index in [1.165, 1.54) is 0 Å². The van der Waals surface area contributed by atoms with Crippen LogP contribution in [-0.2, 0) is 0 Å². The van der Waals surface area contributed by atoms with Gasteiger partial charge in [-0.25, -0.2) is 4.68 Å². The third-order valence-corrected chi connectivity index (χ3v) is 2.81. The Hall–Kier alpha value is -1.81. The van der Waals surface area contributed by atoms with Crippen LogP contribution in [0, 0.1) is 6.92 Å². The summed E-state index contributed by atoms with van der Waals surface area (Å²) in [5.74, 6) is -0.227. The number of para-hydroxylation sites is 1. The van der Waals surface area contributed by atoms with Crippen LogP contribution in [-0.4, -0.2) is 22.7 Å². The van der Waals surface area contributed by atoms with E-state index in [0.717, 1.165) is 5.69 Å². The standard InChI is InChI=1S/C12H12ClN3O/c1-8-10(12(17)14-2)11(13)16(15-8)9-6-4-3-5-7-9/h3-7H,1-2H3,(H,14,17). The van der Waals surface area contributed by atoms with Gasteiger partial charge < -0.3 is 5.32 Å². The molecule has 2 rings (SSSR count). The van der Waals surface area contributed by atoms with E-state index in [4.69, 9.17) is 11.6 Å². The highest BCUT2D eigenvalue weighted by atomic mass is 35.5. The molecule has 5 heteroatoms. The van der Waals surface area contributed by atoms with Gasteiger partial charge >= 0.3 is 0 Å². The number of aromatic nitrogens is 2. The molecule has 1 N–H and O–H groups in total. The second-order valence-electron chi connectivity index (χ2n) is 3.58. The van der Waals surface area contributed by atoms with Gasteiger partial charge in [0.25, 0.3) is 5.91 Å². The minimum Gasteiger partial charge on any atom is -0.355 e. The second kappa shape index (κ2) is 4.59. The number of hydrogen-bond acceptors (Lipinski definition) is 2. The molecule has 1 aromatic carbocycles. The summed E-state index contributed by atoms with van der Waals surface area (Å²) in [5, 5.41) is 7.15. The Morgan fingerprint density at radius 1 is 1.35 bits per heavy atom. The van der Waals surface area contributed by atoms with E-state index in [0.29, 0.717) is 16.4 Å². The monoisotopic (exact) mass is 249 g/mol. The molecule has 1 heterocycles. The number of halogens is 1. The fraction of sp³-hybridized carbons (Fsp3) is 0.167. The fourth-order valence-corrected chi connectivity index (χ4v) is 1.98. The number of nitrogens with one attached hydrogen (secondary N) is 1.